The lowest BCUT2D eigenvalue weighted by molar-refractivity contribution is -0.150. The van der Waals surface area contributed by atoms with Crippen molar-refractivity contribution >= 4 is 29.8 Å². The fourth-order valence-corrected chi connectivity index (χ4v) is 3.64. The second kappa shape index (κ2) is 8.86. The molecular weight excluding hydrogens is 388 g/mol. The van der Waals surface area contributed by atoms with Crippen LogP contribution in [0.25, 0.3) is 11.4 Å². The molecule has 1 aromatic carbocycles. The van der Waals surface area contributed by atoms with E-state index in [0.717, 1.165) is 24.9 Å². The second-order valence-corrected chi connectivity index (χ2v) is 7.24. The summed E-state index contributed by atoms with van der Waals surface area (Å²) in [6.45, 7) is 4.31. The lowest BCUT2D eigenvalue weighted by atomic mass is 9.99. The summed E-state index contributed by atoms with van der Waals surface area (Å²) in [5, 5.41) is 3.81. The van der Waals surface area contributed by atoms with Gasteiger partial charge in [-0.3, -0.25) is 14.8 Å². The molecule has 0 amide bonds. The van der Waals surface area contributed by atoms with Crippen LogP contribution in [0, 0.1) is 10.7 Å². The summed E-state index contributed by atoms with van der Waals surface area (Å²) in [5.41, 5.74) is 0.748. The molecule has 2 aromatic rings. The predicted molar refractivity (Wildman–Crippen MR) is 105 cm³/mol. The predicted octanol–water partition coefficient (Wildman–Crippen LogP) is 3.50. The van der Waals surface area contributed by atoms with Crippen molar-refractivity contribution in [1.29, 1.82) is 0 Å². The molecule has 27 heavy (non-hydrogen) atoms. The number of aromatic amines is 1. The van der Waals surface area contributed by atoms with Crippen molar-refractivity contribution < 1.29 is 14.3 Å². The van der Waals surface area contributed by atoms with E-state index in [1.807, 2.05) is 6.92 Å². The molecule has 0 unspecified atom stereocenters. The van der Waals surface area contributed by atoms with E-state index in [-0.39, 0.29) is 11.9 Å². The average molecular weight is 411 g/mol. The third kappa shape index (κ3) is 4.69. The van der Waals surface area contributed by atoms with E-state index in [4.69, 9.17) is 33.3 Å². The molecule has 1 N–H and O–H groups in total. The molecule has 1 saturated heterocycles. The Hall–Kier alpha value is -1.90. The van der Waals surface area contributed by atoms with Crippen LogP contribution in [0.15, 0.2) is 18.2 Å². The Morgan fingerprint density at radius 2 is 2.30 bits per heavy atom. The average Bonchev–Trinajstić information content (AvgIpc) is 3.02. The first kappa shape index (κ1) is 19.9. The molecule has 1 aromatic heterocycles. The molecule has 146 valence electrons. The number of benzene rings is 1. The van der Waals surface area contributed by atoms with Gasteiger partial charge in [-0.1, -0.05) is 11.6 Å². The zero-order valence-electron chi connectivity index (χ0n) is 15.4. The number of carbonyl (C=O) groups excluding carboxylic acids is 1. The van der Waals surface area contributed by atoms with Crippen LogP contribution in [-0.2, 0) is 16.2 Å². The van der Waals surface area contributed by atoms with Crippen molar-refractivity contribution in [3.63, 3.8) is 0 Å². The van der Waals surface area contributed by atoms with Crippen LogP contribution in [-0.4, -0.2) is 52.4 Å². The maximum atomic E-state index is 12.0. The van der Waals surface area contributed by atoms with E-state index in [0.29, 0.717) is 41.2 Å². The maximum Gasteiger partial charge on any atom is 0.310 e. The smallest absolute Gasteiger partial charge is 0.310 e. The number of hydrogen-bond acceptors (Lipinski definition) is 6. The van der Waals surface area contributed by atoms with E-state index in [1.165, 1.54) is 0 Å². The number of esters is 1. The molecule has 0 spiro atoms. The summed E-state index contributed by atoms with van der Waals surface area (Å²) in [4.78, 5) is 18.7. The minimum atomic E-state index is -0.125. The van der Waals surface area contributed by atoms with Gasteiger partial charge in [-0.25, -0.2) is 4.68 Å². The molecule has 3 rings (SSSR count). The van der Waals surface area contributed by atoms with Crippen LogP contribution in [0.5, 0.6) is 5.75 Å². The summed E-state index contributed by atoms with van der Waals surface area (Å²) in [5.74, 6) is 1.04. The van der Waals surface area contributed by atoms with Gasteiger partial charge in [0.25, 0.3) is 0 Å². The van der Waals surface area contributed by atoms with Crippen molar-refractivity contribution in [1.82, 2.24) is 19.7 Å². The molecule has 2 heterocycles. The summed E-state index contributed by atoms with van der Waals surface area (Å²) >= 11 is 11.5. The molecule has 0 aliphatic carbocycles. The summed E-state index contributed by atoms with van der Waals surface area (Å²) in [6, 6.07) is 5.34. The first-order chi connectivity index (χ1) is 13.0. The van der Waals surface area contributed by atoms with Gasteiger partial charge in [0.05, 0.1) is 31.9 Å². The molecule has 0 saturated carbocycles. The summed E-state index contributed by atoms with van der Waals surface area (Å²) in [6.07, 6.45) is 1.80. The molecule has 1 fully saturated rings. The van der Waals surface area contributed by atoms with Gasteiger partial charge in [0.2, 0.25) is 4.77 Å². The van der Waals surface area contributed by atoms with Gasteiger partial charge < -0.3 is 9.47 Å². The highest BCUT2D eigenvalue weighted by molar-refractivity contribution is 7.71. The second-order valence-electron chi connectivity index (χ2n) is 6.44. The summed E-state index contributed by atoms with van der Waals surface area (Å²) in [7, 11) is 1.60. The number of H-pyrrole nitrogens is 1. The van der Waals surface area contributed by atoms with Crippen LogP contribution in [0.2, 0.25) is 5.02 Å². The van der Waals surface area contributed by atoms with Crippen molar-refractivity contribution in [3.8, 4) is 17.1 Å². The number of halogens is 1. The highest BCUT2D eigenvalue weighted by Crippen LogP contribution is 2.30. The van der Waals surface area contributed by atoms with Gasteiger partial charge in [-0.2, -0.15) is 4.98 Å². The summed E-state index contributed by atoms with van der Waals surface area (Å²) < 4.78 is 12.8. The molecule has 0 bridgehead atoms. The fourth-order valence-electron chi connectivity index (χ4n) is 3.27. The standard InChI is InChI=1S/C18H23ClN4O3S/c1-3-26-17(24)12-5-4-8-22(10-12)11-23-18(27)20-16(21-23)14-9-13(19)6-7-15(14)25-2/h6-7,9,12H,3-5,8,10-11H2,1-2H3,(H,20,21,27)/t12-/m1/s1. The van der Waals surface area contributed by atoms with Crippen LogP contribution in [0.3, 0.4) is 0 Å². The van der Waals surface area contributed by atoms with Crippen molar-refractivity contribution in [2.45, 2.75) is 26.4 Å². The van der Waals surface area contributed by atoms with Crippen molar-refractivity contribution in [2.24, 2.45) is 5.92 Å². The number of hydrogen-bond donors (Lipinski definition) is 1. The SMILES string of the molecule is CCOC(=O)[C@@H]1CCCN(Cn2[nH]c(-c3cc(Cl)ccc3OC)nc2=S)C1. The Morgan fingerprint density at radius 1 is 1.48 bits per heavy atom. The highest BCUT2D eigenvalue weighted by Gasteiger charge is 2.27. The molecule has 0 radical (unpaired) electrons. The Bertz CT molecular complexity index is 867. The molecule has 1 aliphatic heterocycles. The monoisotopic (exact) mass is 410 g/mol. The minimum absolute atomic E-state index is 0.0942. The number of likely N-dealkylation sites (tertiary alicyclic amines) is 1. The number of nitrogens with zero attached hydrogens (tertiary/aromatic N) is 3. The number of nitrogens with one attached hydrogen (secondary N) is 1. The van der Waals surface area contributed by atoms with Crippen LogP contribution < -0.4 is 4.74 Å². The fraction of sp³-hybridized carbons (Fsp3) is 0.500. The van der Waals surface area contributed by atoms with Gasteiger partial charge >= 0.3 is 5.97 Å². The Labute approximate surface area is 168 Å². The zero-order chi connectivity index (χ0) is 19.4. The molecular formula is C18H23ClN4O3S. The van der Waals surface area contributed by atoms with E-state index in [2.05, 4.69) is 15.0 Å². The lowest BCUT2D eigenvalue weighted by Crippen LogP contribution is -2.40. The van der Waals surface area contributed by atoms with E-state index in [9.17, 15) is 4.79 Å². The number of rotatable bonds is 6. The Kier molecular flexibility index (Phi) is 6.51. The maximum absolute atomic E-state index is 12.0. The van der Waals surface area contributed by atoms with Gasteiger partial charge in [0, 0.05) is 11.6 Å². The molecule has 1 atom stereocenters. The van der Waals surface area contributed by atoms with E-state index in [1.54, 1.807) is 30.0 Å². The lowest BCUT2D eigenvalue weighted by Gasteiger charge is -2.31. The largest absolute Gasteiger partial charge is 0.496 e. The molecule has 1 aliphatic rings. The van der Waals surface area contributed by atoms with Crippen molar-refractivity contribution in [2.75, 3.05) is 26.8 Å². The Balaban J connectivity index is 1.77. The molecule has 7 nitrogen and oxygen atoms in total. The minimum Gasteiger partial charge on any atom is -0.496 e. The van der Waals surface area contributed by atoms with Crippen LogP contribution in [0.4, 0.5) is 0 Å². The third-order valence-electron chi connectivity index (χ3n) is 4.56. The van der Waals surface area contributed by atoms with Gasteiger partial charge in [-0.15, -0.1) is 0 Å². The van der Waals surface area contributed by atoms with Gasteiger partial charge in [0.15, 0.2) is 5.82 Å². The number of ether oxygens (including phenoxy) is 2. The van der Waals surface area contributed by atoms with E-state index >= 15 is 0 Å². The first-order valence-corrected chi connectivity index (χ1v) is 9.70. The normalized spacial score (nSPS) is 17.7. The highest BCUT2D eigenvalue weighted by atomic mass is 35.5. The van der Waals surface area contributed by atoms with Crippen molar-refractivity contribution in [3.05, 3.63) is 28.0 Å². The Morgan fingerprint density at radius 3 is 3.04 bits per heavy atom. The van der Waals surface area contributed by atoms with Crippen LogP contribution in [0.1, 0.15) is 19.8 Å². The van der Waals surface area contributed by atoms with Gasteiger partial charge in [0.1, 0.15) is 5.75 Å². The topological polar surface area (TPSA) is 72.4 Å². The molecule has 9 heteroatoms. The third-order valence-corrected chi connectivity index (χ3v) is 5.11. The first-order valence-electron chi connectivity index (χ1n) is 8.91. The number of piperidine rings is 1. The van der Waals surface area contributed by atoms with Crippen LogP contribution >= 0.6 is 23.8 Å². The number of methoxy groups -OCH3 is 1. The van der Waals surface area contributed by atoms with Gasteiger partial charge in [-0.05, 0) is 56.7 Å². The number of aromatic nitrogens is 3. The van der Waals surface area contributed by atoms with E-state index < -0.39 is 0 Å². The quantitative estimate of drug-likeness (QED) is 0.580. The zero-order valence-corrected chi connectivity index (χ0v) is 17.0. The number of carbonyl (C=O) groups is 1.